The second-order valence-corrected chi connectivity index (χ2v) is 8.99. The van der Waals surface area contributed by atoms with Crippen LogP contribution in [0.3, 0.4) is 0 Å². The first-order valence-corrected chi connectivity index (χ1v) is 10.9. The number of anilines is 2. The van der Waals surface area contributed by atoms with Crippen LogP contribution in [0.2, 0.25) is 0 Å². The molecule has 0 aliphatic heterocycles. The van der Waals surface area contributed by atoms with E-state index in [2.05, 4.69) is 10.6 Å². The molecule has 0 aliphatic carbocycles. The highest BCUT2D eigenvalue weighted by molar-refractivity contribution is 6.17. The van der Waals surface area contributed by atoms with Crippen LogP contribution in [-0.4, -0.2) is 18.3 Å². The number of rotatable bonds is 7. The lowest BCUT2D eigenvalue weighted by Crippen LogP contribution is -2.28. The van der Waals surface area contributed by atoms with E-state index in [-0.39, 0.29) is 34.0 Å². The molecule has 176 valence electrons. The Bertz CT molecular complexity index is 1250. The fourth-order valence-electron chi connectivity index (χ4n) is 3.09. The van der Waals surface area contributed by atoms with E-state index in [1.807, 2.05) is 0 Å². The maximum Gasteiger partial charge on any atom is 0.229 e. The number of carbonyl (C=O) groups excluding carboxylic acids is 1. The first kappa shape index (κ1) is 24.6. The Kier molecular flexibility index (Phi) is 7.37. The lowest BCUT2D eigenvalue weighted by Gasteiger charge is -2.18. The van der Waals surface area contributed by atoms with Crippen LogP contribution in [0.4, 0.5) is 24.5 Å². The summed E-state index contributed by atoms with van der Waals surface area (Å²) in [6.45, 7) is 5.41. The lowest BCUT2D eigenvalue weighted by molar-refractivity contribution is -0.123. The molecule has 0 saturated carbocycles. The Morgan fingerprint density at radius 2 is 1.76 bits per heavy atom. The van der Waals surface area contributed by atoms with Crippen molar-refractivity contribution in [2.45, 2.75) is 33.6 Å². The Labute approximate surface area is 193 Å². The number of hydrogen-bond acceptors (Lipinski definition) is 4. The second-order valence-electron chi connectivity index (χ2n) is 8.62. The van der Waals surface area contributed by atoms with E-state index in [9.17, 15) is 22.8 Å². The summed E-state index contributed by atoms with van der Waals surface area (Å²) in [4.78, 5) is 24.9. The van der Waals surface area contributed by atoms with Crippen molar-refractivity contribution >= 4 is 39.9 Å². The molecule has 1 aromatic heterocycles. The monoisotopic (exact) mass is 480 g/mol. The van der Waals surface area contributed by atoms with Crippen molar-refractivity contribution in [3.8, 4) is 11.3 Å². The zero-order valence-electron chi connectivity index (χ0n) is 18.5. The quantitative estimate of drug-likeness (QED) is 0.308. The van der Waals surface area contributed by atoms with Crippen LogP contribution in [0.5, 0.6) is 0 Å². The highest BCUT2D eigenvalue weighted by Crippen LogP contribution is 2.31. The standard InChI is InChI=1S/C24H24ClF3N2O3/c1-24(2,3)23(32)30-17-7-6-13(10-14(17)26)19-12-18(31)20-21(29-9-5-4-8-25)15(27)11-16(28)22(20)33-19/h6-7,10-12,29H,4-5,8-9H2,1-3H3,(H,30,32). The number of alkyl halides is 1. The van der Waals surface area contributed by atoms with Crippen molar-refractivity contribution in [2.75, 3.05) is 23.1 Å². The van der Waals surface area contributed by atoms with Crippen molar-refractivity contribution in [2.24, 2.45) is 5.41 Å². The molecule has 1 heterocycles. The van der Waals surface area contributed by atoms with Crippen LogP contribution in [0.15, 0.2) is 39.5 Å². The lowest BCUT2D eigenvalue weighted by atomic mass is 9.95. The topological polar surface area (TPSA) is 71.3 Å². The van der Waals surface area contributed by atoms with Gasteiger partial charge in [-0.3, -0.25) is 9.59 Å². The summed E-state index contributed by atoms with van der Waals surface area (Å²) >= 11 is 5.63. The van der Waals surface area contributed by atoms with Crippen LogP contribution in [0.25, 0.3) is 22.3 Å². The molecule has 0 unspecified atom stereocenters. The first-order chi connectivity index (χ1) is 15.5. The van der Waals surface area contributed by atoms with E-state index in [1.165, 1.54) is 12.1 Å². The van der Waals surface area contributed by atoms with Gasteiger partial charge in [-0.05, 0) is 31.0 Å². The van der Waals surface area contributed by atoms with Crippen LogP contribution >= 0.6 is 11.6 Å². The summed E-state index contributed by atoms with van der Waals surface area (Å²) < 4.78 is 49.1. The van der Waals surface area contributed by atoms with Crippen molar-refractivity contribution in [3.05, 3.63) is 58.0 Å². The number of fused-ring (bicyclic) bond motifs is 1. The summed E-state index contributed by atoms with van der Waals surface area (Å²) in [5.41, 5.74) is -1.90. The Hall–Kier alpha value is -3.00. The number of amides is 1. The van der Waals surface area contributed by atoms with Gasteiger partial charge in [0.05, 0.1) is 16.8 Å². The van der Waals surface area contributed by atoms with Gasteiger partial charge < -0.3 is 15.1 Å². The second kappa shape index (κ2) is 9.87. The van der Waals surface area contributed by atoms with Gasteiger partial charge in [-0.2, -0.15) is 0 Å². The van der Waals surface area contributed by atoms with Gasteiger partial charge >= 0.3 is 0 Å². The molecule has 0 bridgehead atoms. The van der Waals surface area contributed by atoms with Crippen LogP contribution in [-0.2, 0) is 4.79 Å². The van der Waals surface area contributed by atoms with Gasteiger partial charge in [0.2, 0.25) is 5.91 Å². The molecule has 5 nitrogen and oxygen atoms in total. The highest BCUT2D eigenvalue weighted by Gasteiger charge is 2.23. The third kappa shape index (κ3) is 5.50. The minimum Gasteiger partial charge on any atom is -0.453 e. The molecular formula is C24H24ClF3N2O3. The van der Waals surface area contributed by atoms with Gasteiger partial charge in [-0.15, -0.1) is 11.6 Å². The van der Waals surface area contributed by atoms with E-state index in [0.29, 0.717) is 31.3 Å². The van der Waals surface area contributed by atoms with Crippen molar-refractivity contribution in [1.82, 2.24) is 0 Å². The normalized spacial score (nSPS) is 11.6. The summed E-state index contributed by atoms with van der Waals surface area (Å²) in [6, 6.07) is 5.49. The van der Waals surface area contributed by atoms with Crippen LogP contribution < -0.4 is 16.1 Å². The molecule has 0 atom stereocenters. The van der Waals surface area contributed by atoms with E-state index in [1.54, 1.807) is 20.8 Å². The molecule has 3 rings (SSSR count). The van der Waals surface area contributed by atoms with Crippen molar-refractivity contribution in [1.29, 1.82) is 0 Å². The summed E-state index contributed by atoms with van der Waals surface area (Å²) in [7, 11) is 0. The van der Waals surface area contributed by atoms with E-state index >= 15 is 0 Å². The smallest absolute Gasteiger partial charge is 0.229 e. The number of carbonyl (C=O) groups is 1. The fraction of sp³-hybridized carbons (Fsp3) is 0.333. The minimum atomic E-state index is -1.05. The Morgan fingerprint density at radius 1 is 1.03 bits per heavy atom. The van der Waals surface area contributed by atoms with Gasteiger partial charge in [0, 0.05) is 35.5 Å². The Morgan fingerprint density at radius 3 is 2.39 bits per heavy atom. The number of benzene rings is 2. The van der Waals surface area contributed by atoms with Crippen molar-refractivity contribution < 1.29 is 22.4 Å². The SMILES string of the molecule is CC(C)(C)C(=O)Nc1ccc(-c2cc(=O)c3c(NCCCCCl)c(F)cc(F)c3o2)cc1F. The molecule has 0 saturated heterocycles. The maximum atomic E-state index is 14.6. The van der Waals surface area contributed by atoms with Gasteiger partial charge in [0.15, 0.2) is 16.8 Å². The third-order valence-corrected chi connectivity index (χ3v) is 5.22. The van der Waals surface area contributed by atoms with Gasteiger partial charge in [-0.25, -0.2) is 13.2 Å². The predicted molar refractivity (Wildman–Crippen MR) is 124 cm³/mol. The fourth-order valence-corrected chi connectivity index (χ4v) is 3.28. The summed E-state index contributed by atoms with van der Waals surface area (Å²) in [5.74, 6) is -2.76. The Balaban J connectivity index is 2.01. The van der Waals surface area contributed by atoms with E-state index in [0.717, 1.165) is 12.1 Å². The van der Waals surface area contributed by atoms with Gasteiger partial charge in [-0.1, -0.05) is 20.8 Å². The number of nitrogens with one attached hydrogen (secondary N) is 2. The molecule has 0 aliphatic rings. The highest BCUT2D eigenvalue weighted by atomic mass is 35.5. The largest absolute Gasteiger partial charge is 0.453 e. The maximum absolute atomic E-state index is 14.6. The van der Waals surface area contributed by atoms with Crippen LogP contribution in [0, 0.1) is 22.9 Å². The number of hydrogen-bond donors (Lipinski definition) is 2. The molecule has 2 aromatic carbocycles. The summed E-state index contributed by atoms with van der Waals surface area (Å²) in [5, 5.41) is 5.03. The third-order valence-electron chi connectivity index (χ3n) is 4.95. The zero-order chi connectivity index (χ0) is 24.3. The van der Waals surface area contributed by atoms with E-state index < -0.39 is 33.9 Å². The zero-order valence-corrected chi connectivity index (χ0v) is 19.2. The average molecular weight is 481 g/mol. The van der Waals surface area contributed by atoms with Gasteiger partial charge in [0.25, 0.3) is 0 Å². The summed E-state index contributed by atoms with van der Waals surface area (Å²) in [6.07, 6.45) is 1.31. The molecule has 3 aromatic rings. The van der Waals surface area contributed by atoms with Gasteiger partial charge in [0.1, 0.15) is 17.4 Å². The molecular weight excluding hydrogens is 457 g/mol. The molecule has 33 heavy (non-hydrogen) atoms. The molecule has 0 spiro atoms. The van der Waals surface area contributed by atoms with Crippen molar-refractivity contribution in [3.63, 3.8) is 0 Å². The molecule has 0 fully saturated rings. The minimum absolute atomic E-state index is 0.0431. The molecule has 2 N–H and O–H groups in total. The molecule has 1 amide bonds. The first-order valence-electron chi connectivity index (χ1n) is 10.4. The van der Waals surface area contributed by atoms with E-state index in [4.69, 9.17) is 16.0 Å². The molecule has 9 heteroatoms. The predicted octanol–water partition coefficient (Wildman–Crippen LogP) is 6.29. The number of unbranched alkanes of at least 4 members (excludes halogenated alkanes) is 1. The average Bonchev–Trinajstić information content (AvgIpc) is 2.73. The number of halogens is 4. The van der Waals surface area contributed by atoms with Crippen LogP contribution in [0.1, 0.15) is 33.6 Å². The molecule has 0 radical (unpaired) electrons.